The van der Waals surface area contributed by atoms with Crippen LogP contribution < -0.4 is 19.5 Å². The number of nitriles is 2. The van der Waals surface area contributed by atoms with Crippen LogP contribution in [0.25, 0.3) is 17.3 Å². The summed E-state index contributed by atoms with van der Waals surface area (Å²) in [5.74, 6) is 0.481. The number of thiazole rings is 1. The van der Waals surface area contributed by atoms with Gasteiger partial charge in [0.05, 0.1) is 17.3 Å². The van der Waals surface area contributed by atoms with Gasteiger partial charge in [0.15, 0.2) is 5.57 Å². The number of benzene rings is 2. The lowest BCUT2D eigenvalue weighted by Crippen LogP contribution is -2.31. The molecule has 28 heavy (non-hydrogen) atoms. The van der Waals surface area contributed by atoms with E-state index in [0.29, 0.717) is 16.0 Å². The van der Waals surface area contributed by atoms with Gasteiger partial charge >= 0.3 is 0 Å². The maximum atomic E-state index is 13.2. The third kappa shape index (κ3) is 3.72. The molecule has 3 aromatic rings. The second-order valence-corrected chi connectivity index (χ2v) is 7.51. The highest BCUT2D eigenvalue weighted by molar-refractivity contribution is 7.98. The van der Waals surface area contributed by atoms with Crippen molar-refractivity contribution in [1.29, 1.82) is 10.5 Å². The summed E-state index contributed by atoms with van der Waals surface area (Å²) in [6.07, 6.45) is 3.76. The van der Waals surface area contributed by atoms with Crippen LogP contribution in [0.15, 0.2) is 58.2 Å². The Labute approximate surface area is 170 Å². The van der Waals surface area contributed by atoms with Crippen LogP contribution in [0.3, 0.4) is 0 Å². The molecule has 0 aliphatic rings. The van der Waals surface area contributed by atoms with Crippen molar-refractivity contribution in [3.05, 3.63) is 73.6 Å². The minimum absolute atomic E-state index is 0.120. The quantitative estimate of drug-likeness (QED) is 0.624. The highest BCUT2D eigenvalue weighted by Gasteiger charge is 2.14. The second kappa shape index (κ2) is 8.62. The Morgan fingerprint density at radius 3 is 2.43 bits per heavy atom. The Morgan fingerprint density at radius 1 is 1.14 bits per heavy atom. The number of thioether (sulfide) groups is 1. The normalized spacial score (nSPS) is 10.9. The summed E-state index contributed by atoms with van der Waals surface area (Å²) in [7, 11) is 1.51. The van der Waals surface area contributed by atoms with E-state index >= 15 is 0 Å². The van der Waals surface area contributed by atoms with Crippen molar-refractivity contribution < 1.29 is 4.74 Å². The lowest BCUT2D eigenvalue weighted by atomic mass is 10.2. The SMILES string of the molecule is COc1ccccc1-n1c(=C(C#N)C#N)s/c(=C/c2ccc(SC)cc2)c1=O. The van der Waals surface area contributed by atoms with Gasteiger partial charge < -0.3 is 4.74 Å². The Hall–Kier alpha value is -3.26. The number of nitrogens with zero attached hydrogens (tertiary/aromatic N) is 3. The third-order valence-corrected chi connectivity index (χ3v) is 5.84. The van der Waals surface area contributed by atoms with Crippen molar-refractivity contribution in [3.8, 4) is 23.6 Å². The maximum Gasteiger partial charge on any atom is 0.273 e. The van der Waals surface area contributed by atoms with Gasteiger partial charge in [-0.2, -0.15) is 10.5 Å². The van der Waals surface area contributed by atoms with Crippen molar-refractivity contribution in [2.75, 3.05) is 13.4 Å². The summed E-state index contributed by atoms with van der Waals surface area (Å²) < 4.78 is 7.45. The topological polar surface area (TPSA) is 78.8 Å². The molecule has 2 aromatic carbocycles. The maximum absolute atomic E-state index is 13.2. The molecule has 0 atom stereocenters. The molecule has 0 radical (unpaired) electrons. The molecule has 0 aliphatic heterocycles. The van der Waals surface area contributed by atoms with Gasteiger partial charge in [-0.1, -0.05) is 24.3 Å². The molecule has 5 nitrogen and oxygen atoms in total. The number of hydrogen-bond acceptors (Lipinski definition) is 6. The highest BCUT2D eigenvalue weighted by Crippen LogP contribution is 2.19. The fraction of sp³-hybridized carbons (Fsp3) is 0.0952. The lowest BCUT2D eigenvalue weighted by Gasteiger charge is -2.08. The van der Waals surface area contributed by atoms with Crippen molar-refractivity contribution in [2.45, 2.75) is 4.90 Å². The Balaban J connectivity index is 2.36. The summed E-state index contributed by atoms with van der Waals surface area (Å²) in [4.78, 5) is 14.3. The first-order valence-corrected chi connectivity index (χ1v) is 10.2. The molecular weight excluding hydrogens is 390 g/mol. The molecular formula is C21H15N3O2S2. The van der Waals surface area contributed by atoms with Gasteiger partial charge in [0.25, 0.3) is 5.56 Å². The third-order valence-electron chi connectivity index (χ3n) is 4.00. The summed E-state index contributed by atoms with van der Waals surface area (Å²) in [5.41, 5.74) is 0.929. The van der Waals surface area contributed by atoms with E-state index in [2.05, 4.69) is 0 Å². The zero-order valence-electron chi connectivity index (χ0n) is 15.2. The predicted octanol–water partition coefficient (Wildman–Crippen LogP) is 2.66. The minimum atomic E-state index is -0.304. The molecule has 138 valence electrons. The van der Waals surface area contributed by atoms with E-state index < -0.39 is 0 Å². The van der Waals surface area contributed by atoms with Crippen LogP contribution >= 0.6 is 23.1 Å². The fourth-order valence-electron chi connectivity index (χ4n) is 2.66. The van der Waals surface area contributed by atoms with E-state index in [-0.39, 0.29) is 15.8 Å². The Morgan fingerprint density at radius 2 is 1.82 bits per heavy atom. The van der Waals surface area contributed by atoms with Gasteiger partial charge in [0, 0.05) is 4.90 Å². The first-order chi connectivity index (χ1) is 13.6. The van der Waals surface area contributed by atoms with Crippen LogP contribution in [0, 0.1) is 22.7 Å². The summed E-state index contributed by atoms with van der Waals surface area (Å²) in [6, 6.07) is 18.6. The number of aromatic nitrogens is 1. The zero-order valence-corrected chi connectivity index (χ0v) is 16.8. The summed E-state index contributed by atoms with van der Waals surface area (Å²) in [5, 5.41) is 18.7. The van der Waals surface area contributed by atoms with Crippen LogP contribution in [0.5, 0.6) is 5.75 Å². The van der Waals surface area contributed by atoms with Gasteiger partial charge in [-0.05, 0) is 42.2 Å². The van der Waals surface area contributed by atoms with Crippen molar-refractivity contribution in [1.82, 2.24) is 4.57 Å². The number of hydrogen-bond donors (Lipinski definition) is 0. The molecule has 0 bridgehead atoms. The number of para-hydroxylation sites is 2. The fourth-order valence-corrected chi connectivity index (χ4v) is 4.11. The molecule has 0 unspecified atom stereocenters. The Bertz CT molecular complexity index is 1260. The van der Waals surface area contributed by atoms with E-state index in [1.807, 2.05) is 42.7 Å². The van der Waals surface area contributed by atoms with Gasteiger partial charge in [-0.25, -0.2) is 0 Å². The van der Waals surface area contributed by atoms with E-state index in [1.54, 1.807) is 42.1 Å². The average Bonchev–Trinajstić information content (AvgIpc) is 3.05. The monoisotopic (exact) mass is 405 g/mol. The molecule has 0 saturated heterocycles. The van der Waals surface area contributed by atoms with E-state index in [0.717, 1.165) is 21.8 Å². The van der Waals surface area contributed by atoms with E-state index in [4.69, 9.17) is 4.74 Å². The minimum Gasteiger partial charge on any atom is -0.495 e. The zero-order chi connectivity index (χ0) is 20.1. The van der Waals surface area contributed by atoms with Crippen molar-refractivity contribution >= 4 is 34.7 Å². The molecule has 7 heteroatoms. The predicted molar refractivity (Wildman–Crippen MR) is 112 cm³/mol. The first kappa shape index (κ1) is 19.5. The van der Waals surface area contributed by atoms with Crippen molar-refractivity contribution in [3.63, 3.8) is 0 Å². The molecule has 0 spiro atoms. The number of ether oxygens (including phenoxy) is 1. The average molecular weight is 406 g/mol. The van der Waals surface area contributed by atoms with Crippen LogP contribution in [0.1, 0.15) is 5.56 Å². The lowest BCUT2D eigenvalue weighted by molar-refractivity contribution is 0.412. The van der Waals surface area contributed by atoms with Gasteiger partial charge in [-0.15, -0.1) is 23.1 Å². The molecule has 1 aromatic heterocycles. The molecule has 0 aliphatic carbocycles. The van der Waals surface area contributed by atoms with Crippen molar-refractivity contribution in [2.24, 2.45) is 0 Å². The van der Waals surface area contributed by atoms with E-state index in [9.17, 15) is 15.3 Å². The van der Waals surface area contributed by atoms with E-state index in [1.165, 1.54) is 11.7 Å². The second-order valence-electron chi connectivity index (χ2n) is 5.60. The van der Waals surface area contributed by atoms with Crippen LogP contribution in [0.2, 0.25) is 0 Å². The largest absolute Gasteiger partial charge is 0.495 e. The highest BCUT2D eigenvalue weighted by atomic mass is 32.2. The molecule has 0 saturated carbocycles. The molecule has 0 amide bonds. The molecule has 3 rings (SSSR count). The summed E-state index contributed by atoms with van der Waals surface area (Å²) in [6.45, 7) is 0. The first-order valence-electron chi connectivity index (χ1n) is 8.18. The summed E-state index contributed by atoms with van der Waals surface area (Å²) >= 11 is 2.75. The Kier molecular flexibility index (Phi) is 6.00. The molecule has 1 heterocycles. The number of rotatable bonds is 4. The molecule has 0 fully saturated rings. The van der Waals surface area contributed by atoms with Crippen LogP contribution in [-0.4, -0.2) is 17.9 Å². The van der Waals surface area contributed by atoms with Crippen LogP contribution in [-0.2, 0) is 0 Å². The standard InChI is InChI=1S/C21H15N3O2S2/c1-26-18-6-4-3-5-17(18)24-20(25)19(28-21(24)15(12-22)13-23)11-14-7-9-16(27-2)10-8-14/h3-11H,1-2H3/b19-11+. The van der Waals surface area contributed by atoms with Gasteiger partial charge in [-0.3, -0.25) is 9.36 Å². The molecule has 0 N–H and O–H groups in total. The van der Waals surface area contributed by atoms with Crippen LogP contribution in [0.4, 0.5) is 0 Å². The smallest absolute Gasteiger partial charge is 0.273 e. The van der Waals surface area contributed by atoms with Gasteiger partial charge in [0.1, 0.15) is 22.6 Å². The van der Waals surface area contributed by atoms with Gasteiger partial charge in [0.2, 0.25) is 0 Å². The number of methoxy groups -OCH3 is 1.